The molecule has 114 valence electrons. The maximum absolute atomic E-state index is 11.8. The molecule has 1 saturated carbocycles. The summed E-state index contributed by atoms with van der Waals surface area (Å²) in [6, 6.07) is 0.0961. The standard InChI is InChI=1S/C11H15F3N2O4/c1-6(10(19)16-7-2-3-7)20-9(18)4-8(17)15-5-11(12,13)14/h6-7H,2-5H2,1H3,(H,15,17)(H,16,19)/t6-/m1/s1. The van der Waals surface area contributed by atoms with Crippen LogP contribution in [0.15, 0.2) is 0 Å². The second-order valence-electron chi connectivity index (χ2n) is 4.48. The molecule has 1 fully saturated rings. The smallest absolute Gasteiger partial charge is 0.405 e. The molecule has 0 aromatic carbocycles. The number of hydrogen-bond acceptors (Lipinski definition) is 4. The number of carbonyl (C=O) groups excluding carboxylic acids is 3. The molecule has 9 heteroatoms. The van der Waals surface area contributed by atoms with E-state index in [1.54, 1.807) is 0 Å². The Morgan fingerprint density at radius 3 is 2.40 bits per heavy atom. The third-order valence-electron chi connectivity index (χ3n) is 2.39. The van der Waals surface area contributed by atoms with Crippen LogP contribution in [-0.2, 0) is 19.1 Å². The van der Waals surface area contributed by atoms with E-state index in [2.05, 4.69) is 10.1 Å². The zero-order chi connectivity index (χ0) is 15.3. The fourth-order valence-electron chi connectivity index (χ4n) is 1.23. The first-order valence-electron chi connectivity index (χ1n) is 6.00. The number of rotatable bonds is 6. The first-order valence-corrected chi connectivity index (χ1v) is 6.00. The number of alkyl halides is 3. The largest absolute Gasteiger partial charge is 0.452 e. The molecule has 1 atom stereocenters. The highest BCUT2D eigenvalue weighted by atomic mass is 19.4. The summed E-state index contributed by atoms with van der Waals surface area (Å²) in [4.78, 5) is 33.7. The second kappa shape index (κ2) is 6.58. The summed E-state index contributed by atoms with van der Waals surface area (Å²) in [5.74, 6) is -2.65. The van der Waals surface area contributed by atoms with Crippen LogP contribution in [0.25, 0.3) is 0 Å². The SMILES string of the molecule is C[C@@H](OC(=O)CC(=O)NCC(F)(F)F)C(=O)NC1CC1. The van der Waals surface area contributed by atoms with Gasteiger partial charge in [0.05, 0.1) is 0 Å². The third-order valence-corrected chi connectivity index (χ3v) is 2.39. The van der Waals surface area contributed by atoms with Gasteiger partial charge < -0.3 is 15.4 Å². The van der Waals surface area contributed by atoms with Gasteiger partial charge in [-0.2, -0.15) is 13.2 Å². The molecule has 6 nitrogen and oxygen atoms in total. The van der Waals surface area contributed by atoms with Crippen molar-refractivity contribution in [2.75, 3.05) is 6.54 Å². The minimum absolute atomic E-state index is 0.0961. The number of halogens is 3. The zero-order valence-corrected chi connectivity index (χ0v) is 10.8. The van der Waals surface area contributed by atoms with E-state index in [1.807, 2.05) is 0 Å². The highest BCUT2D eigenvalue weighted by Crippen LogP contribution is 2.18. The Kier molecular flexibility index (Phi) is 5.34. The van der Waals surface area contributed by atoms with E-state index in [-0.39, 0.29) is 6.04 Å². The van der Waals surface area contributed by atoms with Gasteiger partial charge in [-0.05, 0) is 19.8 Å². The van der Waals surface area contributed by atoms with Crippen molar-refractivity contribution in [1.29, 1.82) is 0 Å². The van der Waals surface area contributed by atoms with E-state index in [0.717, 1.165) is 12.8 Å². The summed E-state index contributed by atoms with van der Waals surface area (Å²) in [6.07, 6.45) is -4.76. The van der Waals surface area contributed by atoms with Gasteiger partial charge in [0.15, 0.2) is 6.10 Å². The molecule has 1 aliphatic carbocycles. The van der Waals surface area contributed by atoms with Crippen molar-refractivity contribution >= 4 is 17.8 Å². The number of carbonyl (C=O) groups is 3. The van der Waals surface area contributed by atoms with Gasteiger partial charge in [-0.1, -0.05) is 0 Å². The first kappa shape index (κ1) is 16.3. The van der Waals surface area contributed by atoms with Crippen LogP contribution < -0.4 is 10.6 Å². The Labute approximate surface area is 113 Å². The molecule has 20 heavy (non-hydrogen) atoms. The summed E-state index contributed by atoms with van der Waals surface area (Å²) in [5.41, 5.74) is 0. The molecule has 0 heterocycles. The lowest BCUT2D eigenvalue weighted by atomic mass is 10.3. The number of amides is 2. The van der Waals surface area contributed by atoms with Crippen LogP contribution in [0.3, 0.4) is 0 Å². The van der Waals surface area contributed by atoms with Gasteiger partial charge in [-0.25, -0.2) is 0 Å². The summed E-state index contributed by atoms with van der Waals surface area (Å²) in [5, 5.41) is 4.12. The Hall–Kier alpha value is -1.80. The van der Waals surface area contributed by atoms with Crippen molar-refractivity contribution in [3.8, 4) is 0 Å². The van der Waals surface area contributed by atoms with Gasteiger partial charge in [-0.15, -0.1) is 0 Å². The van der Waals surface area contributed by atoms with Gasteiger partial charge >= 0.3 is 12.1 Å². The Morgan fingerprint density at radius 2 is 1.90 bits per heavy atom. The molecular weight excluding hydrogens is 281 g/mol. The maximum Gasteiger partial charge on any atom is 0.405 e. The molecule has 0 saturated heterocycles. The average Bonchev–Trinajstić information content (AvgIpc) is 3.09. The van der Waals surface area contributed by atoms with Crippen molar-refractivity contribution < 1.29 is 32.3 Å². The monoisotopic (exact) mass is 296 g/mol. The lowest BCUT2D eigenvalue weighted by Gasteiger charge is -2.13. The van der Waals surface area contributed by atoms with Gasteiger partial charge in [0.1, 0.15) is 13.0 Å². The lowest BCUT2D eigenvalue weighted by molar-refractivity contribution is -0.157. The summed E-state index contributed by atoms with van der Waals surface area (Å²) in [6.45, 7) is -0.194. The molecule has 0 spiro atoms. The van der Waals surface area contributed by atoms with E-state index < -0.39 is 43.0 Å². The fourth-order valence-corrected chi connectivity index (χ4v) is 1.23. The van der Waals surface area contributed by atoms with Gasteiger partial charge in [0.2, 0.25) is 5.91 Å². The molecule has 0 aromatic rings. The van der Waals surface area contributed by atoms with Crippen LogP contribution in [0, 0.1) is 0 Å². The van der Waals surface area contributed by atoms with Crippen LogP contribution in [0.5, 0.6) is 0 Å². The minimum atomic E-state index is -4.54. The highest BCUT2D eigenvalue weighted by molar-refractivity contribution is 5.95. The maximum atomic E-state index is 11.8. The van der Waals surface area contributed by atoms with E-state index >= 15 is 0 Å². The van der Waals surface area contributed by atoms with E-state index in [0.29, 0.717) is 0 Å². The number of nitrogens with one attached hydrogen (secondary N) is 2. The average molecular weight is 296 g/mol. The molecule has 0 bridgehead atoms. The van der Waals surface area contributed by atoms with Crippen molar-refractivity contribution in [2.45, 2.75) is 44.5 Å². The molecule has 2 N–H and O–H groups in total. The van der Waals surface area contributed by atoms with Crippen molar-refractivity contribution in [2.24, 2.45) is 0 Å². The number of hydrogen-bond donors (Lipinski definition) is 2. The van der Waals surface area contributed by atoms with Crippen LogP contribution in [0.1, 0.15) is 26.2 Å². The van der Waals surface area contributed by atoms with Crippen molar-refractivity contribution in [1.82, 2.24) is 10.6 Å². The normalized spacial score (nSPS) is 16.2. The molecule has 0 aromatic heterocycles. The zero-order valence-electron chi connectivity index (χ0n) is 10.8. The minimum Gasteiger partial charge on any atom is -0.452 e. The summed E-state index contributed by atoms with van der Waals surface area (Å²) in [7, 11) is 0. The van der Waals surface area contributed by atoms with E-state index in [9.17, 15) is 27.6 Å². The van der Waals surface area contributed by atoms with Crippen LogP contribution in [0.2, 0.25) is 0 Å². The van der Waals surface area contributed by atoms with Crippen LogP contribution >= 0.6 is 0 Å². The van der Waals surface area contributed by atoms with Crippen LogP contribution in [0.4, 0.5) is 13.2 Å². The molecular formula is C11H15F3N2O4. The highest BCUT2D eigenvalue weighted by Gasteiger charge is 2.29. The molecule has 1 aliphatic rings. The van der Waals surface area contributed by atoms with Gasteiger partial charge in [0, 0.05) is 6.04 Å². The fraction of sp³-hybridized carbons (Fsp3) is 0.727. The van der Waals surface area contributed by atoms with Crippen molar-refractivity contribution in [3.05, 3.63) is 0 Å². The molecule has 0 unspecified atom stereocenters. The van der Waals surface area contributed by atoms with E-state index in [4.69, 9.17) is 0 Å². The molecule has 1 rings (SSSR count). The first-order chi connectivity index (χ1) is 9.17. The quantitative estimate of drug-likeness (QED) is 0.544. The van der Waals surface area contributed by atoms with Gasteiger partial charge in [0.25, 0.3) is 5.91 Å². The Morgan fingerprint density at radius 1 is 1.30 bits per heavy atom. The second-order valence-corrected chi connectivity index (χ2v) is 4.48. The predicted molar refractivity (Wildman–Crippen MR) is 60.4 cm³/mol. The Balaban J connectivity index is 2.24. The van der Waals surface area contributed by atoms with Gasteiger partial charge in [-0.3, -0.25) is 14.4 Å². The summed E-state index contributed by atoms with van der Waals surface area (Å²) >= 11 is 0. The Bertz CT molecular complexity index is 394. The van der Waals surface area contributed by atoms with E-state index in [1.165, 1.54) is 12.2 Å². The van der Waals surface area contributed by atoms with Crippen molar-refractivity contribution in [3.63, 3.8) is 0 Å². The van der Waals surface area contributed by atoms with Crippen LogP contribution in [-0.4, -0.2) is 42.7 Å². The molecule has 0 radical (unpaired) electrons. The number of esters is 1. The number of ether oxygens (including phenoxy) is 1. The molecule has 0 aliphatic heterocycles. The topological polar surface area (TPSA) is 84.5 Å². The summed E-state index contributed by atoms with van der Waals surface area (Å²) < 4.78 is 40.1. The molecule has 2 amide bonds. The predicted octanol–water partition coefficient (Wildman–Crippen LogP) is 0.265. The third kappa shape index (κ3) is 6.95. The lowest BCUT2D eigenvalue weighted by Crippen LogP contribution is -2.39.